The summed E-state index contributed by atoms with van der Waals surface area (Å²) in [5.41, 5.74) is 1.53. The van der Waals surface area contributed by atoms with E-state index in [1.54, 1.807) is 6.42 Å². The summed E-state index contributed by atoms with van der Waals surface area (Å²) in [4.78, 5) is 0. The highest BCUT2D eigenvalue weighted by atomic mass is 15.3. The molecule has 3 nitrogen and oxygen atoms in total. The van der Waals surface area contributed by atoms with Crippen LogP contribution < -0.4 is 5.32 Å². The van der Waals surface area contributed by atoms with Crippen molar-refractivity contribution in [3.8, 4) is 0 Å². The van der Waals surface area contributed by atoms with Gasteiger partial charge in [0.05, 0.1) is 12.7 Å². The molecule has 0 unspecified atom stereocenters. The number of hydrogen-bond acceptors (Lipinski definition) is 2. The first kappa shape index (κ1) is 12.0. The van der Waals surface area contributed by atoms with Crippen molar-refractivity contribution in [2.75, 3.05) is 13.6 Å². The van der Waals surface area contributed by atoms with E-state index in [4.69, 9.17) is 0 Å². The van der Waals surface area contributed by atoms with Gasteiger partial charge in [-0.3, -0.25) is 4.68 Å². The summed E-state index contributed by atoms with van der Waals surface area (Å²) < 4.78 is 2.12. The number of hydrogen-bond donors (Lipinski definition) is 1. The Balaban J connectivity index is 1.54. The third-order valence-electron chi connectivity index (χ3n) is 5.86. The Morgan fingerprint density at radius 1 is 1.16 bits per heavy atom. The van der Waals surface area contributed by atoms with Crippen LogP contribution >= 0.6 is 0 Å². The van der Waals surface area contributed by atoms with Gasteiger partial charge in [-0.1, -0.05) is 0 Å². The molecule has 19 heavy (non-hydrogen) atoms. The van der Waals surface area contributed by atoms with Gasteiger partial charge in [-0.15, -0.1) is 0 Å². The molecular weight excluding hydrogens is 234 g/mol. The Hall–Kier alpha value is -0.830. The lowest BCUT2D eigenvalue weighted by Gasteiger charge is -2.54. The van der Waals surface area contributed by atoms with E-state index in [0.29, 0.717) is 0 Å². The standard InChI is InChI=1S/C16H25N3/c1-17-2-3-19-10-15(9-18-19)16-13-5-11-4-12(7-13)8-14(16)6-11/h9-14,16-17H,2-8H2,1H3. The van der Waals surface area contributed by atoms with Gasteiger partial charge in [-0.25, -0.2) is 0 Å². The maximum atomic E-state index is 4.56. The van der Waals surface area contributed by atoms with Crippen LogP contribution in [0.15, 0.2) is 12.4 Å². The molecule has 104 valence electrons. The predicted molar refractivity (Wildman–Crippen MR) is 75.9 cm³/mol. The fraction of sp³-hybridized carbons (Fsp3) is 0.812. The van der Waals surface area contributed by atoms with E-state index in [1.165, 1.54) is 31.2 Å². The van der Waals surface area contributed by atoms with Crippen molar-refractivity contribution < 1.29 is 0 Å². The summed E-state index contributed by atoms with van der Waals surface area (Å²) in [6.45, 7) is 1.99. The average molecular weight is 259 g/mol. The van der Waals surface area contributed by atoms with E-state index in [-0.39, 0.29) is 0 Å². The van der Waals surface area contributed by atoms with Gasteiger partial charge in [0.1, 0.15) is 0 Å². The quantitative estimate of drug-likeness (QED) is 0.901. The molecule has 4 aliphatic carbocycles. The van der Waals surface area contributed by atoms with Gasteiger partial charge in [-0.2, -0.15) is 5.10 Å². The van der Waals surface area contributed by atoms with Gasteiger partial charge in [0.15, 0.2) is 0 Å². The molecule has 1 N–H and O–H groups in total. The lowest BCUT2D eigenvalue weighted by molar-refractivity contribution is -0.00280. The minimum Gasteiger partial charge on any atom is -0.318 e. The second-order valence-corrected chi connectivity index (χ2v) is 7.10. The summed E-state index contributed by atoms with van der Waals surface area (Å²) in [6.07, 6.45) is 12.0. The Bertz CT molecular complexity index is 423. The van der Waals surface area contributed by atoms with Crippen LogP contribution in [-0.4, -0.2) is 23.4 Å². The zero-order valence-corrected chi connectivity index (χ0v) is 11.9. The largest absolute Gasteiger partial charge is 0.318 e. The van der Waals surface area contributed by atoms with E-state index in [2.05, 4.69) is 27.5 Å². The molecule has 4 bridgehead atoms. The second kappa shape index (κ2) is 4.62. The van der Waals surface area contributed by atoms with Crippen LogP contribution in [0.4, 0.5) is 0 Å². The van der Waals surface area contributed by atoms with E-state index in [0.717, 1.165) is 42.7 Å². The summed E-state index contributed by atoms with van der Waals surface area (Å²) >= 11 is 0. The molecule has 4 saturated carbocycles. The Morgan fingerprint density at radius 3 is 2.47 bits per heavy atom. The summed E-state index contributed by atoms with van der Waals surface area (Å²) in [5, 5.41) is 7.76. The molecule has 1 aromatic rings. The first-order chi connectivity index (χ1) is 9.33. The summed E-state index contributed by atoms with van der Waals surface area (Å²) in [6, 6.07) is 0. The number of nitrogens with zero attached hydrogens (tertiary/aromatic N) is 2. The highest BCUT2D eigenvalue weighted by Gasteiger charge is 2.48. The Labute approximate surface area is 115 Å². The molecule has 4 fully saturated rings. The molecule has 0 radical (unpaired) electrons. The SMILES string of the molecule is CNCCn1cc(C2C3CC4CC(C3)CC2C4)cn1. The minimum atomic E-state index is 0.830. The van der Waals surface area contributed by atoms with Crippen molar-refractivity contribution in [1.29, 1.82) is 0 Å². The van der Waals surface area contributed by atoms with Crippen LogP contribution in [0, 0.1) is 23.7 Å². The molecule has 0 saturated heterocycles. The molecule has 0 aromatic carbocycles. The summed E-state index contributed by atoms with van der Waals surface area (Å²) in [5.74, 6) is 4.91. The van der Waals surface area contributed by atoms with E-state index in [9.17, 15) is 0 Å². The summed E-state index contributed by atoms with van der Waals surface area (Å²) in [7, 11) is 2.00. The Morgan fingerprint density at radius 2 is 1.84 bits per heavy atom. The molecule has 4 aliphatic rings. The van der Waals surface area contributed by atoms with Crippen molar-refractivity contribution in [2.45, 2.75) is 44.6 Å². The molecule has 0 aliphatic heterocycles. The molecular formula is C16H25N3. The minimum absolute atomic E-state index is 0.830. The molecule has 3 heteroatoms. The number of likely N-dealkylation sites (N-methyl/N-ethyl adjacent to an activating group) is 1. The monoisotopic (exact) mass is 259 g/mol. The van der Waals surface area contributed by atoms with Crippen LogP contribution in [0.1, 0.15) is 43.6 Å². The van der Waals surface area contributed by atoms with Gasteiger partial charge in [0, 0.05) is 12.7 Å². The fourth-order valence-electron chi connectivity index (χ4n) is 5.37. The smallest absolute Gasteiger partial charge is 0.0533 e. The van der Waals surface area contributed by atoms with Crippen LogP contribution in [0.5, 0.6) is 0 Å². The third-order valence-corrected chi connectivity index (χ3v) is 5.86. The molecule has 0 spiro atoms. The lowest BCUT2D eigenvalue weighted by Crippen LogP contribution is -2.43. The number of aromatic nitrogens is 2. The van der Waals surface area contributed by atoms with Crippen LogP contribution in [-0.2, 0) is 6.54 Å². The van der Waals surface area contributed by atoms with Crippen molar-refractivity contribution >= 4 is 0 Å². The van der Waals surface area contributed by atoms with Gasteiger partial charge in [0.2, 0.25) is 0 Å². The van der Waals surface area contributed by atoms with Crippen molar-refractivity contribution in [3.05, 3.63) is 18.0 Å². The maximum Gasteiger partial charge on any atom is 0.0533 e. The number of rotatable bonds is 4. The first-order valence-electron chi connectivity index (χ1n) is 8.00. The second-order valence-electron chi connectivity index (χ2n) is 7.10. The maximum absolute atomic E-state index is 4.56. The molecule has 0 atom stereocenters. The lowest BCUT2D eigenvalue weighted by atomic mass is 9.51. The van der Waals surface area contributed by atoms with Crippen molar-refractivity contribution in [1.82, 2.24) is 15.1 Å². The zero-order valence-electron chi connectivity index (χ0n) is 11.9. The van der Waals surface area contributed by atoms with Gasteiger partial charge in [-0.05, 0) is 74.3 Å². The third kappa shape index (κ3) is 2.03. The van der Waals surface area contributed by atoms with E-state index < -0.39 is 0 Å². The predicted octanol–water partition coefficient (Wildman–Crippen LogP) is 2.64. The molecule has 1 heterocycles. The van der Waals surface area contributed by atoms with E-state index >= 15 is 0 Å². The highest BCUT2D eigenvalue weighted by molar-refractivity contribution is 5.19. The van der Waals surface area contributed by atoms with Crippen LogP contribution in [0.25, 0.3) is 0 Å². The van der Waals surface area contributed by atoms with Gasteiger partial charge in [0.25, 0.3) is 0 Å². The normalized spacial score (nSPS) is 39.9. The highest BCUT2D eigenvalue weighted by Crippen LogP contribution is 2.59. The average Bonchev–Trinajstić information content (AvgIpc) is 2.83. The fourth-order valence-corrected chi connectivity index (χ4v) is 5.37. The molecule has 1 aromatic heterocycles. The van der Waals surface area contributed by atoms with Crippen LogP contribution in [0.2, 0.25) is 0 Å². The molecule has 0 amide bonds. The van der Waals surface area contributed by atoms with Crippen molar-refractivity contribution in [3.63, 3.8) is 0 Å². The van der Waals surface area contributed by atoms with Gasteiger partial charge >= 0.3 is 0 Å². The van der Waals surface area contributed by atoms with Gasteiger partial charge < -0.3 is 5.32 Å². The zero-order chi connectivity index (χ0) is 12.8. The topological polar surface area (TPSA) is 29.9 Å². The van der Waals surface area contributed by atoms with Crippen molar-refractivity contribution in [2.24, 2.45) is 23.7 Å². The van der Waals surface area contributed by atoms with E-state index in [1.807, 2.05) is 7.05 Å². The van der Waals surface area contributed by atoms with Crippen LogP contribution in [0.3, 0.4) is 0 Å². The Kier molecular flexibility index (Phi) is 2.91. The first-order valence-corrected chi connectivity index (χ1v) is 8.00. The molecule has 5 rings (SSSR count). The number of nitrogens with one attached hydrogen (secondary N) is 1.